The minimum absolute atomic E-state index is 0.0698. The minimum Gasteiger partial charge on any atom is -0.493 e. The number of benzene rings is 3. The molecule has 11 heteroatoms. The van der Waals surface area contributed by atoms with Crippen molar-refractivity contribution in [3.63, 3.8) is 0 Å². The van der Waals surface area contributed by atoms with Gasteiger partial charge >= 0.3 is 0 Å². The maximum Gasteiger partial charge on any atom is 0.261 e. The van der Waals surface area contributed by atoms with E-state index in [1.165, 1.54) is 24.5 Å². The summed E-state index contributed by atoms with van der Waals surface area (Å²) in [5.74, 6) is 1.56. The van der Waals surface area contributed by atoms with Gasteiger partial charge in [0.15, 0.2) is 11.5 Å². The van der Waals surface area contributed by atoms with E-state index >= 15 is 0 Å². The Morgan fingerprint density at radius 2 is 1.68 bits per heavy atom. The van der Waals surface area contributed by atoms with Gasteiger partial charge in [0.2, 0.25) is 0 Å². The Kier molecular flexibility index (Phi) is 7.88. The number of methoxy groups -OCH3 is 1. The Morgan fingerprint density at radius 1 is 0.902 bits per heavy atom. The van der Waals surface area contributed by atoms with Crippen molar-refractivity contribution in [2.45, 2.75) is 4.90 Å². The predicted molar refractivity (Wildman–Crippen MR) is 159 cm³/mol. The van der Waals surface area contributed by atoms with E-state index < -0.39 is 10.0 Å². The van der Waals surface area contributed by atoms with Crippen molar-refractivity contribution >= 4 is 38.5 Å². The first-order chi connectivity index (χ1) is 19.9. The molecule has 5 rings (SSSR count). The van der Waals surface area contributed by atoms with E-state index in [1.807, 2.05) is 30.3 Å². The summed E-state index contributed by atoms with van der Waals surface area (Å²) in [5, 5.41) is 10.5. The Hall–Kier alpha value is -5.29. The fourth-order valence-corrected chi connectivity index (χ4v) is 5.09. The van der Waals surface area contributed by atoms with Gasteiger partial charge in [-0.3, -0.25) is 14.7 Å². The molecule has 2 aromatic heterocycles. The Labute approximate surface area is 237 Å². The van der Waals surface area contributed by atoms with Crippen LogP contribution >= 0.6 is 0 Å². The first kappa shape index (κ1) is 27.3. The molecule has 0 atom stereocenters. The Bertz CT molecular complexity index is 1860. The van der Waals surface area contributed by atoms with Gasteiger partial charge < -0.3 is 20.2 Å². The van der Waals surface area contributed by atoms with Crippen molar-refractivity contribution in [1.29, 1.82) is 5.41 Å². The number of nitrogens with zero attached hydrogens (tertiary/aromatic N) is 3. The molecule has 0 fully saturated rings. The number of pyridine rings is 1. The van der Waals surface area contributed by atoms with E-state index in [9.17, 15) is 8.42 Å². The van der Waals surface area contributed by atoms with Crippen LogP contribution in [-0.4, -0.2) is 43.7 Å². The average molecular weight is 567 g/mol. The summed E-state index contributed by atoms with van der Waals surface area (Å²) in [6.45, 7) is 0. The number of hydrogen-bond acceptors (Lipinski definition) is 9. The average Bonchev–Trinajstić information content (AvgIpc) is 3.00. The highest BCUT2D eigenvalue weighted by Gasteiger charge is 2.16. The van der Waals surface area contributed by atoms with Crippen molar-refractivity contribution in [2.24, 2.45) is 0 Å². The van der Waals surface area contributed by atoms with E-state index in [-0.39, 0.29) is 4.90 Å². The summed E-state index contributed by atoms with van der Waals surface area (Å²) in [4.78, 5) is 13.4. The molecule has 206 valence electrons. The molecule has 41 heavy (non-hydrogen) atoms. The molecule has 0 aliphatic rings. The first-order valence-corrected chi connectivity index (χ1v) is 13.9. The molecule has 0 radical (unpaired) electrons. The molecule has 10 nitrogen and oxygen atoms in total. The molecule has 3 N–H and O–H groups in total. The zero-order valence-corrected chi connectivity index (χ0v) is 23.0. The molecule has 0 bridgehead atoms. The molecule has 5 aromatic rings. The van der Waals surface area contributed by atoms with Crippen LogP contribution in [0.5, 0.6) is 17.2 Å². The van der Waals surface area contributed by atoms with Crippen LogP contribution in [0.15, 0.2) is 102 Å². The second-order valence-electron chi connectivity index (χ2n) is 8.78. The van der Waals surface area contributed by atoms with Gasteiger partial charge in [-0.05, 0) is 60.2 Å². The first-order valence-electron chi connectivity index (χ1n) is 12.4. The molecule has 2 heterocycles. The number of rotatable bonds is 10. The highest BCUT2D eigenvalue weighted by molar-refractivity contribution is 7.92. The monoisotopic (exact) mass is 566 g/mol. The van der Waals surface area contributed by atoms with E-state index in [1.54, 1.807) is 63.1 Å². The van der Waals surface area contributed by atoms with Gasteiger partial charge in [0.25, 0.3) is 10.0 Å². The molecule has 0 saturated heterocycles. The van der Waals surface area contributed by atoms with Crippen LogP contribution in [0, 0.1) is 5.41 Å². The molecule has 0 saturated carbocycles. The van der Waals surface area contributed by atoms with Crippen molar-refractivity contribution in [3.8, 4) is 28.4 Å². The Morgan fingerprint density at radius 3 is 2.41 bits per heavy atom. The van der Waals surface area contributed by atoms with Gasteiger partial charge in [0.05, 0.1) is 46.8 Å². The Balaban J connectivity index is 1.36. The number of sulfonamides is 1. The van der Waals surface area contributed by atoms with E-state index in [4.69, 9.17) is 14.9 Å². The van der Waals surface area contributed by atoms with Crippen molar-refractivity contribution < 1.29 is 17.9 Å². The van der Waals surface area contributed by atoms with Crippen molar-refractivity contribution in [3.05, 3.63) is 103 Å². The molecule has 0 aliphatic heterocycles. The topological polar surface area (TPSA) is 139 Å². The van der Waals surface area contributed by atoms with Crippen LogP contribution < -0.4 is 19.5 Å². The van der Waals surface area contributed by atoms with Crippen LogP contribution in [0.1, 0.15) is 5.69 Å². The van der Waals surface area contributed by atoms with Crippen molar-refractivity contribution in [1.82, 2.24) is 20.3 Å². The van der Waals surface area contributed by atoms with Gasteiger partial charge in [-0.15, -0.1) is 0 Å². The highest BCUT2D eigenvalue weighted by atomic mass is 32.2. The molecule has 0 amide bonds. The fraction of sp³-hybridized carbons (Fsp3) is 0.0667. The number of ether oxygens (including phenoxy) is 2. The molecule has 0 aliphatic carbocycles. The highest BCUT2D eigenvalue weighted by Crippen LogP contribution is 2.32. The van der Waals surface area contributed by atoms with Gasteiger partial charge in [-0.1, -0.05) is 18.2 Å². The van der Waals surface area contributed by atoms with Crippen LogP contribution in [0.25, 0.3) is 27.7 Å². The van der Waals surface area contributed by atoms with Crippen LogP contribution in [0.3, 0.4) is 0 Å². The second kappa shape index (κ2) is 11.8. The number of hydrogen-bond donors (Lipinski definition) is 3. The van der Waals surface area contributed by atoms with Gasteiger partial charge in [-0.2, -0.15) is 0 Å². The predicted octanol–water partition coefficient (Wildman–Crippen LogP) is 5.50. The largest absolute Gasteiger partial charge is 0.493 e. The third-order valence-corrected chi connectivity index (χ3v) is 7.45. The SMILES string of the molecule is CN/C=C(\C=N)c1cnc2ccc(-c3cncc(NS(=O)(=O)c4ccc(Oc5ccccc5OC)cc4)c3)cc2n1. The van der Waals surface area contributed by atoms with E-state index in [0.29, 0.717) is 50.8 Å². The lowest BCUT2D eigenvalue weighted by molar-refractivity contribution is 0.379. The molecule has 3 aromatic carbocycles. The van der Waals surface area contributed by atoms with E-state index in [2.05, 4.69) is 25.0 Å². The lowest BCUT2D eigenvalue weighted by atomic mass is 10.1. The standard InChI is InChI=1S/C30H26N6O4S/c1-32-16-22(15-31)28-19-34-26-12-7-20(14-27(26)35-28)21-13-23(18-33-17-21)36-41(37,38)25-10-8-24(9-11-25)40-30-6-4-3-5-29(30)39-2/h3-19,31-32,36H,1-2H3/b22-16+,31-15?. The maximum atomic E-state index is 13.1. The normalized spacial score (nSPS) is 11.6. The van der Waals surface area contributed by atoms with Crippen LogP contribution in [0.4, 0.5) is 5.69 Å². The van der Waals surface area contributed by atoms with E-state index in [0.717, 1.165) is 5.56 Å². The van der Waals surface area contributed by atoms with Gasteiger partial charge in [0.1, 0.15) is 5.75 Å². The van der Waals surface area contributed by atoms with Gasteiger partial charge in [-0.25, -0.2) is 13.4 Å². The summed E-state index contributed by atoms with van der Waals surface area (Å²) < 4.78 is 40.0. The lowest BCUT2D eigenvalue weighted by Gasteiger charge is -2.12. The number of allylic oxidation sites excluding steroid dienone is 1. The smallest absolute Gasteiger partial charge is 0.261 e. The molecular formula is C30H26N6O4S. The molecular weight excluding hydrogens is 540 g/mol. The quantitative estimate of drug-likeness (QED) is 0.188. The fourth-order valence-electron chi connectivity index (χ4n) is 4.06. The minimum atomic E-state index is -3.90. The summed E-state index contributed by atoms with van der Waals surface area (Å²) in [7, 11) is -0.600. The number of para-hydroxylation sites is 2. The zero-order valence-electron chi connectivity index (χ0n) is 22.2. The third-order valence-electron chi connectivity index (χ3n) is 6.05. The zero-order chi connectivity index (χ0) is 28.8. The summed E-state index contributed by atoms with van der Waals surface area (Å²) in [6.07, 6.45) is 7.58. The van der Waals surface area contributed by atoms with Gasteiger partial charge in [0, 0.05) is 36.8 Å². The van der Waals surface area contributed by atoms with Crippen LogP contribution in [0.2, 0.25) is 0 Å². The van der Waals surface area contributed by atoms with Crippen LogP contribution in [-0.2, 0) is 10.0 Å². The number of anilines is 1. The maximum absolute atomic E-state index is 13.1. The number of fused-ring (bicyclic) bond motifs is 1. The van der Waals surface area contributed by atoms with Crippen molar-refractivity contribution in [2.75, 3.05) is 18.9 Å². The number of nitrogens with one attached hydrogen (secondary N) is 3. The summed E-state index contributed by atoms with van der Waals surface area (Å²) in [5.41, 5.74) is 4.24. The third kappa shape index (κ3) is 6.15. The molecule has 0 unspecified atom stereocenters. The second-order valence-corrected chi connectivity index (χ2v) is 10.5. The summed E-state index contributed by atoms with van der Waals surface area (Å²) >= 11 is 0. The lowest BCUT2D eigenvalue weighted by Crippen LogP contribution is -2.13. The number of aromatic nitrogens is 3. The molecule has 0 spiro atoms. The summed E-state index contributed by atoms with van der Waals surface area (Å²) in [6, 6.07) is 20.5.